The molecule has 1 heterocycles. The lowest BCUT2D eigenvalue weighted by molar-refractivity contribution is -0.152. The molecule has 0 radical (unpaired) electrons. The number of methoxy groups -OCH3 is 1. The Morgan fingerprint density at radius 1 is 1.14 bits per heavy atom. The minimum Gasteiger partial charge on any atom is -0.468 e. The molecule has 28 heavy (non-hydrogen) atoms. The summed E-state index contributed by atoms with van der Waals surface area (Å²) >= 11 is 5.82. The topological polar surface area (TPSA) is 72.9 Å². The van der Waals surface area contributed by atoms with Crippen molar-refractivity contribution in [2.75, 3.05) is 20.3 Å². The van der Waals surface area contributed by atoms with Crippen LogP contribution in [0.15, 0.2) is 47.4 Å². The lowest BCUT2D eigenvalue weighted by atomic mass is 10.0. The Kier molecular flexibility index (Phi) is 5.99. The summed E-state index contributed by atoms with van der Waals surface area (Å²) in [5.74, 6) is -2.60. The number of carbonyl (C=O) groups excluding carboxylic acids is 1. The molecule has 10 heteroatoms. The van der Waals surface area contributed by atoms with Gasteiger partial charge in [-0.1, -0.05) is 11.6 Å². The second kappa shape index (κ2) is 8.12. The number of ether oxygens (including phenoxy) is 2. The van der Waals surface area contributed by atoms with Crippen molar-refractivity contribution < 1.29 is 31.5 Å². The number of carbonyl (C=O) groups is 1. The van der Waals surface area contributed by atoms with Crippen molar-refractivity contribution in [2.24, 2.45) is 0 Å². The third-order valence-electron chi connectivity index (χ3n) is 4.30. The molecule has 0 aliphatic carbocycles. The lowest BCUT2D eigenvalue weighted by Crippen LogP contribution is -2.54. The Labute approximate surface area is 165 Å². The van der Waals surface area contributed by atoms with Gasteiger partial charge >= 0.3 is 5.97 Å². The van der Waals surface area contributed by atoms with Gasteiger partial charge in [-0.2, -0.15) is 4.31 Å². The summed E-state index contributed by atoms with van der Waals surface area (Å²) in [7, 11) is -3.15. The molecule has 0 bridgehead atoms. The summed E-state index contributed by atoms with van der Waals surface area (Å²) in [5, 5.41) is 0.328. The molecule has 2 aromatic rings. The Hall–Kier alpha value is -2.07. The predicted octanol–water partition coefficient (Wildman–Crippen LogP) is 2.92. The molecule has 1 saturated heterocycles. The van der Waals surface area contributed by atoms with E-state index >= 15 is 0 Å². The molecule has 0 N–H and O–H groups in total. The van der Waals surface area contributed by atoms with Crippen molar-refractivity contribution in [3.05, 3.63) is 64.7 Å². The van der Waals surface area contributed by atoms with E-state index in [0.29, 0.717) is 11.1 Å². The Morgan fingerprint density at radius 3 is 2.32 bits per heavy atom. The first-order valence-electron chi connectivity index (χ1n) is 8.14. The van der Waals surface area contributed by atoms with E-state index < -0.39 is 39.7 Å². The zero-order valence-corrected chi connectivity index (χ0v) is 16.2. The van der Waals surface area contributed by atoms with Gasteiger partial charge in [-0.05, 0) is 42.0 Å². The predicted molar refractivity (Wildman–Crippen MR) is 96.2 cm³/mol. The first kappa shape index (κ1) is 20.7. The molecule has 1 aliphatic rings. The van der Waals surface area contributed by atoms with Crippen LogP contribution in [-0.4, -0.2) is 45.1 Å². The van der Waals surface area contributed by atoms with Crippen molar-refractivity contribution in [1.29, 1.82) is 0 Å². The highest BCUT2D eigenvalue weighted by Crippen LogP contribution is 2.34. The molecule has 2 aromatic carbocycles. The number of sulfonamides is 1. The Balaban J connectivity index is 2.14. The molecule has 3 rings (SSSR count). The van der Waals surface area contributed by atoms with Gasteiger partial charge in [0.25, 0.3) is 0 Å². The van der Waals surface area contributed by atoms with E-state index in [1.54, 1.807) is 0 Å². The van der Waals surface area contributed by atoms with Gasteiger partial charge in [0.15, 0.2) is 0 Å². The van der Waals surface area contributed by atoms with Crippen LogP contribution in [0.4, 0.5) is 8.78 Å². The van der Waals surface area contributed by atoms with Crippen LogP contribution in [0.25, 0.3) is 0 Å². The number of benzene rings is 2. The van der Waals surface area contributed by atoms with E-state index in [1.165, 1.54) is 24.3 Å². The molecule has 0 spiro atoms. The largest absolute Gasteiger partial charge is 0.468 e. The van der Waals surface area contributed by atoms with E-state index in [4.69, 9.17) is 21.1 Å². The summed E-state index contributed by atoms with van der Waals surface area (Å²) in [6, 6.07) is 5.55. The van der Waals surface area contributed by atoms with Crippen LogP contribution in [0.1, 0.15) is 11.6 Å². The van der Waals surface area contributed by atoms with Crippen LogP contribution in [-0.2, 0) is 24.3 Å². The normalized spacial score (nSPS) is 20.7. The first-order chi connectivity index (χ1) is 13.2. The molecule has 1 aliphatic heterocycles. The number of morpholine rings is 1. The fourth-order valence-corrected chi connectivity index (χ4v) is 4.89. The summed E-state index contributed by atoms with van der Waals surface area (Å²) in [4.78, 5) is 12.1. The number of esters is 1. The number of hydrogen-bond donors (Lipinski definition) is 0. The number of halogens is 3. The van der Waals surface area contributed by atoms with Gasteiger partial charge in [0.2, 0.25) is 10.0 Å². The fourth-order valence-electron chi connectivity index (χ4n) is 3.04. The highest BCUT2D eigenvalue weighted by molar-refractivity contribution is 7.89. The standard InChI is InChI=1S/C18H16ClF2NO5S/c1-26-18(23)17-10-27-9-16(11-6-13(20)8-14(21)7-11)22(17)28(24,25)15-4-2-12(19)3-5-15/h2-8,16-17H,9-10H2,1H3/t16-,17+/m0/s1. The minimum atomic E-state index is -4.26. The molecule has 6 nitrogen and oxygen atoms in total. The highest BCUT2D eigenvalue weighted by atomic mass is 35.5. The molecule has 0 saturated carbocycles. The van der Waals surface area contributed by atoms with Gasteiger partial charge in [-0.15, -0.1) is 0 Å². The van der Waals surface area contributed by atoms with Gasteiger partial charge in [0.1, 0.15) is 17.7 Å². The van der Waals surface area contributed by atoms with Crippen molar-refractivity contribution in [2.45, 2.75) is 17.0 Å². The second-order valence-corrected chi connectivity index (χ2v) is 8.36. The van der Waals surface area contributed by atoms with E-state index in [2.05, 4.69) is 0 Å². The van der Waals surface area contributed by atoms with Gasteiger partial charge in [-0.25, -0.2) is 17.2 Å². The summed E-state index contributed by atoms with van der Waals surface area (Å²) in [6.45, 7) is -0.447. The maximum Gasteiger partial charge on any atom is 0.326 e. The van der Waals surface area contributed by atoms with Crippen molar-refractivity contribution in [3.8, 4) is 0 Å². The zero-order valence-electron chi connectivity index (χ0n) is 14.6. The van der Waals surface area contributed by atoms with Crippen LogP contribution in [0.5, 0.6) is 0 Å². The van der Waals surface area contributed by atoms with Crippen LogP contribution in [0.2, 0.25) is 5.02 Å². The third kappa shape index (κ3) is 4.02. The number of hydrogen-bond acceptors (Lipinski definition) is 5. The lowest BCUT2D eigenvalue weighted by Gasteiger charge is -2.39. The molecule has 0 aromatic heterocycles. The monoisotopic (exact) mass is 431 g/mol. The minimum absolute atomic E-state index is 0.0173. The van der Waals surface area contributed by atoms with Crippen molar-refractivity contribution in [3.63, 3.8) is 0 Å². The maximum absolute atomic E-state index is 13.7. The molecule has 0 amide bonds. The second-order valence-electron chi connectivity index (χ2n) is 6.08. The molecule has 150 valence electrons. The average Bonchev–Trinajstić information content (AvgIpc) is 2.66. The summed E-state index contributed by atoms with van der Waals surface area (Å²) in [5.41, 5.74) is 0.0173. The van der Waals surface area contributed by atoms with Crippen LogP contribution < -0.4 is 0 Å². The first-order valence-corrected chi connectivity index (χ1v) is 9.96. The van der Waals surface area contributed by atoms with Gasteiger partial charge in [0, 0.05) is 11.1 Å². The van der Waals surface area contributed by atoms with Crippen LogP contribution in [0, 0.1) is 11.6 Å². The molecular formula is C18H16ClF2NO5S. The Bertz CT molecular complexity index is 964. The van der Waals surface area contributed by atoms with E-state index in [0.717, 1.165) is 23.5 Å². The smallest absolute Gasteiger partial charge is 0.326 e. The van der Waals surface area contributed by atoms with E-state index in [-0.39, 0.29) is 23.7 Å². The zero-order chi connectivity index (χ0) is 20.5. The Morgan fingerprint density at radius 2 is 1.75 bits per heavy atom. The average molecular weight is 432 g/mol. The summed E-state index contributed by atoms with van der Waals surface area (Å²) in [6.07, 6.45) is 0. The quantitative estimate of drug-likeness (QED) is 0.696. The van der Waals surface area contributed by atoms with Gasteiger partial charge in [-0.3, -0.25) is 4.79 Å². The van der Waals surface area contributed by atoms with E-state index in [1.807, 2.05) is 0 Å². The fraction of sp³-hybridized carbons (Fsp3) is 0.278. The van der Waals surface area contributed by atoms with E-state index in [9.17, 15) is 22.0 Å². The van der Waals surface area contributed by atoms with Crippen molar-refractivity contribution >= 4 is 27.6 Å². The van der Waals surface area contributed by atoms with Gasteiger partial charge < -0.3 is 9.47 Å². The molecular weight excluding hydrogens is 416 g/mol. The number of nitrogens with zero attached hydrogens (tertiary/aromatic N) is 1. The van der Waals surface area contributed by atoms with Crippen LogP contribution in [0.3, 0.4) is 0 Å². The molecule has 2 atom stereocenters. The molecule has 0 unspecified atom stereocenters. The van der Waals surface area contributed by atoms with Gasteiger partial charge in [0.05, 0.1) is 31.3 Å². The SMILES string of the molecule is COC(=O)[C@H]1COC[C@@H](c2cc(F)cc(F)c2)N1S(=O)(=O)c1ccc(Cl)cc1. The third-order valence-corrected chi connectivity index (χ3v) is 6.48. The molecule has 1 fully saturated rings. The summed E-state index contributed by atoms with van der Waals surface area (Å²) < 4.78 is 65.1. The van der Waals surface area contributed by atoms with Crippen molar-refractivity contribution in [1.82, 2.24) is 4.31 Å². The number of rotatable bonds is 4. The maximum atomic E-state index is 13.7. The highest BCUT2D eigenvalue weighted by Gasteiger charge is 2.45. The van der Waals surface area contributed by atoms with Crippen LogP contribution >= 0.6 is 11.6 Å².